The van der Waals surface area contributed by atoms with Gasteiger partial charge in [-0.1, -0.05) is 0 Å². The lowest BCUT2D eigenvalue weighted by Gasteiger charge is -2.20. The first-order valence-electron chi connectivity index (χ1n) is 6.95. The summed E-state index contributed by atoms with van der Waals surface area (Å²) >= 11 is 0. The molecule has 2 amide bonds. The Morgan fingerprint density at radius 1 is 1.29 bits per heavy atom. The number of rotatable bonds is 4. The molecule has 6 nitrogen and oxygen atoms in total. The van der Waals surface area contributed by atoms with Gasteiger partial charge in [-0.25, -0.2) is 0 Å². The summed E-state index contributed by atoms with van der Waals surface area (Å²) in [6, 6.07) is 1.77. The Balaban J connectivity index is 2.41. The Bertz CT molecular complexity index is 514. The van der Waals surface area contributed by atoms with E-state index in [-0.39, 0.29) is 6.54 Å². The maximum atomic E-state index is 11.6. The molecule has 1 rings (SSSR count). The first kappa shape index (κ1) is 17.2. The first-order valence-corrected chi connectivity index (χ1v) is 6.95. The van der Waals surface area contributed by atoms with E-state index in [0.717, 1.165) is 5.76 Å². The Morgan fingerprint density at radius 3 is 2.38 bits per heavy atom. The summed E-state index contributed by atoms with van der Waals surface area (Å²) < 4.78 is 5.34. The highest BCUT2D eigenvalue weighted by Gasteiger charge is 2.20. The van der Waals surface area contributed by atoms with E-state index in [1.165, 1.54) is 0 Å². The average molecular weight is 296 g/mol. The van der Waals surface area contributed by atoms with Crippen molar-refractivity contribution in [2.45, 2.75) is 52.7 Å². The summed E-state index contributed by atoms with van der Waals surface area (Å²) in [4.78, 5) is 23.1. The van der Waals surface area contributed by atoms with Crippen molar-refractivity contribution in [2.75, 3.05) is 6.54 Å². The van der Waals surface area contributed by atoms with Crippen LogP contribution in [0.1, 0.15) is 50.4 Å². The first-order chi connectivity index (χ1) is 9.60. The molecular formula is C15H24N2O4. The van der Waals surface area contributed by atoms with Gasteiger partial charge in [0.1, 0.15) is 11.5 Å². The van der Waals surface area contributed by atoms with E-state index < -0.39 is 23.5 Å². The number of aliphatic hydroxyl groups excluding tert-OH is 1. The average Bonchev–Trinajstić information content (AvgIpc) is 2.66. The van der Waals surface area contributed by atoms with Crippen LogP contribution in [-0.4, -0.2) is 29.0 Å². The second-order valence-electron chi connectivity index (χ2n) is 6.13. The third-order valence-electron chi connectivity index (χ3n) is 2.84. The molecule has 0 radical (unpaired) electrons. The van der Waals surface area contributed by atoms with Gasteiger partial charge in [0.15, 0.2) is 0 Å². The van der Waals surface area contributed by atoms with E-state index >= 15 is 0 Å². The maximum absolute atomic E-state index is 11.6. The van der Waals surface area contributed by atoms with Crippen LogP contribution in [0.4, 0.5) is 0 Å². The molecule has 1 aromatic rings. The number of carbonyl (C=O) groups is 2. The second kappa shape index (κ2) is 6.76. The molecule has 0 spiro atoms. The molecule has 0 fully saturated rings. The monoisotopic (exact) mass is 296 g/mol. The predicted octanol–water partition coefficient (Wildman–Crippen LogP) is 1.35. The Hall–Kier alpha value is -1.82. The zero-order valence-corrected chi connectivity index (χ0v) is 13.2. The molecule has 1 atom stereocenters. The fourth-order valence-electron chi connectivity index (χ4n) is 1.94. The van der Waals surface area contributed by atoms with Gasteiger partial charge in [-0.05, 0) is 47.1 Å². The highest BCUT2D eigenvalue weighted by molar-refractivity contribution is 6.35. The van der Waals surface area contributed by atoms with Crippen molar-refractivity contribution >= 4 is 11.8 Å². The molecule has 0 aliphatic carbocycles. The molecule has 0 aliphatic rings. The predicted molar refractivity (Wildman–Crippen MR) is 78.7 cm³/mol. The Kier molecular flexibility index (Phi) is 5.54. The van der Waals surface area contributed by atoms with Gasteiger partial charge in [0.2, 0.25) is 0 Å². The van der Waals surface area contributed by atoms with E-state index in [4.69, 9.17) is 4.42 Å². The summed E-state index contributed by atoms with van der Waals surface area (Å²) in [5.41, 5.74) is 0.250. The Morgan fingerprint density at radius 2 is 1.90 bits per heavy atom. The molecule has 6 heteroatoms. The minimum Gasteiger partial charge on any atom is -0.466 e. The summed E-state index contributed by atoms with van der Waals surface area (Å²) in [6.07, 6.45) is -0.414. The van der Waals surface area contributed by atoms with Crippen molar-refractivity contribution in [3.05, 3.63) is 23.2 Å². The number of nitrogens with one attached hydrogen (secondary N) is 2. The lowest BCUT2D eigenvalue weighted by Crippen LogP contribution is -2.48. The lowest BCUT2D eigenvalue weighted by atomic mass is 10.1. The fraction of sp³-hybridized carbons (Fsp3) is 0.600. The van der Waals surface area contributed by atoms with Crippen molar-refractivity contribution in [2.24, 2.45) is 0 Å². The van der Waals surface area contributed by atoms with Crippen LogP contribution in [0.15, 0.2) is 10.5 Å². The molecule has 21 heavy (non-hydrogen) atoms. The minimum atomic E-state index is -0.728. The van der Waals surface area contributed by atoms with E-state index in [1.54, 1.807) is 33.8 Å². The molecule has 0 saturated heterocycles. The topological polar surface area (TPSA) is 91.6 Å². The van der Waals surface area contributed by atoms with Crippen LogP contribution in [-0.2, 0) is 9.59 Å². The molecule has 1 heterocycles. The third kappa shape index (κ3) is 5.59. The minimum absolute atomic E-state index is 0.210. The van der Waals surface area contributed by atoms with E-state index in [9.17, 15) is 14.7 Å². The van der Waals surface area contributed by atoms with Gasteiger partial charge in [0.05, 0.1) is 6.10 Å². The quantitative estimate of drug-likeness (QED) is 0.731. The SMILES string of the molecule is Cc1cc(C(O)CCNC(=O)C(=O)NC(C)(C)C)c(C)o1. The van der Waals surface area contributed by atoms with Gasteiger partial charge < -0.3 is 20.2 Å². The second-order valence-corrected chi connectivity index (χ2v) is 6.13. The van der Waals surface area contributed by atoms with E-state index in [1.807, 2.05) is 6.92 Å². The maximum Gasteiger partial charge on any atom is 0.309 e. The van der Waals surface area contributed by atoms with Gasteiger partial charge in [0, 0.05) is 17.6 Å². The summed E-state index contributed by atoms with van der Waals surface area (Å²) in [7, 11) is 0. The van der Waals surface area contributed by atoms with E-state index in [2.05, 4.69) is 10.6 Å². The van der Waals surface area contributed by atoms with Crippen LogP contribution in [0.2, 0.25) is 0 Å². The number of hydrogen-bond acceptors (Lipinski definition) is 4. The molecular weight excluding hydrogens is 272 g/mol. The van der Waals surface area contributed by atoms with Crippen molar-refractivity contribution in [3.63, 3.8) is 0 Å². The highest BCUT2D eigenvalue weighted by atomic mass is 16.3. The third-order valence-corrected chi connectivity index (χ3v) is 2.84. The van der Waals surface area contributed by atoms with Crippen LogP contribution < -0.4 is 10.6 Å². The van der Waals surface area contributed by atoms with Gasteiger partial charge in [-0.3, -0.25) is 9.59 Å². The summed E-state index contributed by atoms with van der Waals surface area (Å²) in [6.45, 7) is 9.19. The molecule has 0 saturated carbocycles. The number of amides is 2. The highest BCUT2D eigenvalue weighted by Crippen LogP contribution is 2.23. The van der Waals surface area contributed by atoms with Crippen molar-refractivity contribution < 1.29 is 19.1 Å². The van der Waals surface area contributed by atoms with Crippen LogP contribution in [0, 0.1) is 13.8 Å². The zero-order chi connectivity index (χ0) is 16.2. The number of aliphatic hydroxyl groups is 1. The van der Waals surface area contributed by atoms with Crippen LogP contribution in [0.25, 0.3) is 0 Å². The summed E-state index contributed by atoms with van der Waals surface area (Å²) in [5.74, 6) is 0.0245. The lowest BCUT2D eigenvalue weighted by molar-refractivity contribution is -0.140. The number of aryl methyl sites for hydroxylation is 2. The fourth-order valence-corrected chi connectivity index (χ4v) is 1.94. The zero-order valence-electron chi connectivity index (χ0n) is 13.2. The van der Waals surface area contributed by atoms with Crippen molar-refractivity contribution in [3.8, 4) is 0 Å². The van der Waals surface area contributed by atoms with Gasteiger partial charge >= 0.3 is 11.8 Å². The van der Waals surface area contributed by atoms with Crippen LogP contribution >= 0.6 is 0 Å². The van der Waals surface area contributed by atoms with Gasteiger partial charge in [0.25, 0.3) is 0 Å². The molecule has 3 N–H and O–H groups in total. The van der Waals surface area contributed by atoms with Crippen LogP contribution in [0.5, 0.6) is 0 Å². The van der Waals surface area contributed by atoms with Gasteiger partial charge in [-0.15, -0.1) is 0 Å². The van der Waals surface area contributed by atoms with Gasteiger partial charge in [-0.2, -0.15) is 0 Å². The Labute approximate surface area is 124 Å². The van der Waals surface area contributed by atoms with Crippen LogP contribution in [0.3, 0.4) is 0 Å². The van der Waals surface area contributed by atoms with E-state index in [0.29, 0.717) is 17.7 Å². The van der Waals surface area contributed by atoms with Crippen molar-refractivity contribution in [1.82, 2.24) is 10.6 Å². The van der Waals surface area contributed by atoms with Crippen molar-refractivity contribution in [1.29, 1.82) is 0 Å². The smallest absolute Gasteiger partial charge is 0.309 e. The summed E-state index contributed by atoms with van der Waals surface area (Å²) in [5, 5.41) is 15.1. The molecule has 1 unspecified atom stereocenters. The molecule has 0 aliphatic heterocycles. The number of carbonyl (C=O) groups excluding carboxylic acids is 2. The largest absolute Gasteiger partial charge is 0.466 e. The number of hydrogen-bond donors (Lipinski definition) is 3. The standard InChI is InChI=1S/C15H24N2O4/c1-9-8-11(10(2)21-9)12(18)6-7-16-13(19)14(20)17-15(3,4)5/h8,12,18H,6-7H2,1-5H3,(H,16,19)(H,17,20). The molecule has 0 bridgehead atoms. The molecule has 118 valence electrons. The normalized spacial score (nSPS) is 12.9. The molecule has 1 aromatic heterocycles. The number of furan rings is 1. The molecule has 0 aromatic carbocycles.